The molecule has 1 saturated heterocycles. The van der Waals surface area contributed by atoms with Gasteiger partial charge in [-0.3, -0.25) is 9.09 Å². The number of nitrogens with two attached hydrogens (primary N) is 1. The molecule has 23 heavy (non-hydrogen) atoms. The zero-order valence-corrected chi connectivity index (χ0v) is 14.0. The van der Waals surface area contributed by atoms with Crippen molar-refractivity contribution in [2.75, 3.05) is 12.3 Å². The maximum atomic E-state index is 10.8. The fourth-order valence-electron chi connectivity index (χ4n) is 2.35. The van der Waals surface area contributed by atoms with Crippen LogP contribution in [0.1, 0.15) is 12.6 Å². The molecule has 0 unspecified atom stereocenters. The molecule has 0 aromatic carbocycles. The van der Waals surface area contributed by atoms with E-state index in [1.54, 1.807) is 4.57 Å². The summed E-state index contributed by atoms with van der Waals surface area (Å²) in [4.78, 5) is 29.6. The van der Waals surface area contributed by atoms with Crippen molar-refractivity contribution in [1.82, 2.24) is 19.5 Å². The highest BCUT2D eigenvalue weighted by Gasteiger charge is 2.38. The molecule has 0 saturated carbocycles. The number of ether oxygens (including phenoxy) is 1. The van der Waals surface area contributed by atoms with Gasteiger partial charge in [-0.25, -0.2) is 19.5 Å². The first-order valence-corrected chi connectivity index (χ1v) is 8.76. The lowest BCUT2D eigenvalue weighted by Crippen LogP contribution is -2.25. The van der Waals surface area contributed by atoms with E-state index in [0.29, 0.717) is 15.9 Å². The minimum absolute atomic E-state index is 0.170. The predicted octanol–water partition coefficient (Wildman–Crippen LogP) is -0.0713. The number of aromatic nitrogens is 4. The second-order valence-corrected chi connectivity index (χ2v) is 6.85. The number of anilines is 1. The van der Waals surface area contributed by atoms with Crippen LogP contribution in [0.3, 0.4) is 0 Å². The summed E-state index contributed by atoms with van der Waals surface area (Å²) in [6, 6.07) is 0. The largest absolute Gasteiger partial charge is 0.469 e. The quantitative estimate of drug-likeness (QED) is 0.396. The van der Waals surface area contributed by atoms with Crippen molar-refractivity contribution in [1.29, 1.82) is 0 Å². The van der Waals surface area contributed by atoms with E-state index in [4.69, 9.17) is 20.3 Å². The lowest BCUT2D eigenvalue weighted by atomic mass is 10.2. The van der Waals surface area contributed by atoms with Crippen LogP contribution in [0.15, 0.2) is 11.1 Å². The first-order valence-electron chi connectivity index (χ1n) is 6.44. The van der Waals surface area contributed by atoms with Gasteiger partial charge < -0.3 is 25.4 Å². The Morgan fingerprint density at radius 3 is 2.96 bits per heavy atom. The van der Waals surface area contributed by atoms with E-state index in [1.807, 2.05) is 0 Å². The average molecular weight is 410 g/mol. The Kier molecular flexibility index (Phi) is 4.40. The van der Waals surface area contributed by atoms with Crippen LogP contribution in [0.2, 0.25) is 0 Å². The van der Waals surface area contributed by atoms with Gasteiger partial charge in [0.05, 0.1) is 12.7 Å². The summed E-state index contributed by atoms with van der Waals surface area (Å²) in [5.41, 5.74) is 6.54. The van der Waals surface area contributed by atoms with Crippen LogP contribution in [0.5, 0.6) is 0 Å². The van der Waals surface area contributed by atoms with Crippen LogP contribution in [-0.4, -0.2) is 53.2 Å². The summed E-state index contributed by atoms with van der Waals surface area (Å²) in [5.74, 6) is 0.203. The Morgan fingerprint density at radius 1 is 1.52 bits per heavy atom. The standard InChI is InChI=1S/C10H13BrN5O6P/c11-10-15-7-8(12)13-3-14-9(7)16(10)6-1-4(17)5(22-6)2-21-23(18,19)20/h3-6,17H,1-2H2,(H2,12,13,14)(H2,18,19,20)/t4-,5-,6-/m1/s1. The number of phosphoric ester groups is 1. The van der Waals surface area contributed by atoms with Crippen molar-refractivity contribution in [2.45, 2.75) is 24.9 Å². The fourth-order valence-corrected chi connectivity index (χ4v) is 3.26. The van der Waals surface area contributed by atoms with Crippen LogP contribution >= 0.6 is 23.8 Å². The third-order valence-electron chi connectivity index (χ3n) is 3.36. The summed E-state index contributed by atoms with van der Waals surface area (Å²) >= 11 is 3.28. The lowest BCUT2D eigenvalue weighted by Gasteiger charge is -2.16. The van der Waals surface area contributed by atoms with E-state index in [0.717, 1.165) is 0 Å². The molecule has 0 radical (unpaired) electrons. The molecule has 0 spiro atoms. The highest BCUT2D eigenvalue weighted by atomic mass is 79.9. The summed E-state index contributed by atoms with van der Waals surface area (Å²) in [6.45, 7) is -0.441. The van der Waals surface area contributed by atoms with Gasteiger partial charge in [-0.2, -0.15) is 0 Å². The number of fused-ring (bicyclic) bond motifs is 1. The van der Waals surface area contributed by atoms with Gasteiger partial charge in [0.25, 0.3) is 0 Å². The normalized spacial score (nSPS) is 25.3. The molecule has 3 atom stereocenters. The zero-order valence-electron chi connectivity index (χ0n) is 11.5. The van der Waals surface area contributed by atoms with E-state index in [1.165, 1.54) is 6.33 Å². The van der Waals surface area contributed by atoms with Crippen LogP contribution in [0.4, 0.5) is 5.82 Å². The van der Waals surface area contributed by atoms with Gasteiger partial charge in [0.1, 0.15) is 18.7 Å². The number of hydrogen-bond donors (Lipinski definition) is 4. The summed E-state index contributed by atoms with van der Waals surface area (Å²) in [6.07, 6.45) is -1.05. The van der Waals surface area contributed by atoms with Crippen molar-refractivity contribution in [3.63, 3.8) is 0 Å². The monoisotopic (exact) mass is 409 g/mol. The van der Waals surface area contributed by atoms with Crippen LogP contribution < -0.4 is 5.73 Å². The first-order chi connectivity index (χ1) is 10.8. The molecule has 1 fully saturated rings. The second kappa shape index (κ2) is 6.06. The number of rotatable bonds is 4. The van der Waals surface area contributed by atoms with Crippen molar-refractivity contribution >= 4 is 40.7 Å². The molecule has 1 aliphatic rings. The Morgan fingerprint density at radius 2 is 2.26 bits per heavy atom. The van der Waals surface area contributed by atoms with Crippen molar-refractivity contribution in [3.8, 4) is 0 Å². The van der Waals surface area contributed by atoms with Crippen molar-refractivity contribution < 1.29 is 28.7 Å². The van der Waals surface area contributed by atoms with Gasteiger partial charge in [0, 0.05) is 6.42 Å². The third kappa shape index (κ3) is 3.38. The summed E-state index contributed by atoms with van der Waals surface area (Å²) in [5, 5.41) is 10.0. The number of imidazole rings is 1. The van der Waals surface area contributed by atoms with E-state index < -0.39 is 32.9 Å². The van der Waals surface area contributed by atoms with Crippen LogP contribution in [0.25, 0.3) is 11.2 Å². The molecule has 2 aromatic heterocycles. The van der Waals surface area contributed by atoms with E-state index in [9.17, 15) is 9.67 Å². The molecular weight excluding hydrogens is 397 g/mol. The van der Waals surface area contributed by atoms with Crippen LogP contribution in [-0.2, 0) is 13.8 Å². The van der Waals surface area contributed by atoms with Crippen molar-refractivity contribution in [2.24, 2.45) is 0 Å². The third-order valence-corrected chi connectivity index (χ3v) is 4.41. The summed E-state index contributed by atoms with van der Waals surface area (Å²) in [7, 11) is -4.64. The molecule has 0 aliphatic carbocycles. The Balaban J connectivity index is 1.85. The zero-order chi connectivity index (χ0) is 16.8. The molecule has 13 heteroatoms. The number of nitrogen functional groups attached to an aromatic ring is 1. The number of phosphoric acid groups is 1. The second-order valence-electron chi connectivity index (χ2n) is 4.90. The highest BCUT2D eigenvalue weighted by Crippen LogP contribution is 2.39. The molecule has 3 heterocycles. The van der Waals surface area contributed by atoms with Crippen molar-refractivity contribution in [3.05, 3.63) is 11.1 Å². The smallest absolute Gasteiger partial charge is 0.390 e. The fraction of sp³-hybridized carbons (Fsp3) is 0.500. The average Bonchev–Trinajstić information content (AvgIpc) is 2.96. The molecule has 2 aromatic rings. The SMILES string of the molecule is Nc1ncnc2c1nc(Br)n2[C@H]1C[C@@H](O)[C@@H](COP(=O)(O)O)O1. The lowest BCUT2D eigenvalue weighted by molar-refractivity contribution is -0.0431. The van der Waals surface area contributed by atoms with Gasteiger partial charge >= 0.3 is 7.82 Å². The molecule has 1 aliphatic heterocycles. The maximum absolute atomic E-state index is 10.8. The molecule has 0 amide bonds. The number of halogens is 1. The summed E-state index contributed by atoms with van der Waals surface area (Å²) < 4.78 is 22.7. The minimum Gasteiger partial charge on any atom is -0.390 e. The van der Waals surface area contributed by atoms with Gasteiger partial charge in [-0.1, -0.05) is 0 Å². The topological polar surface area (TPSA) is 166 Å². The Labute approximate surface area is 137 Å². The first kappa shape index (κ1) is 16.7. The van der Waals surface area contributed by atoms with Gasteiger partial charge in [0.15, 0.2) is 21.7 Å². The number of nitrogens with zero attached hydrogens (tertiary/aromatic N) is 4. The van der Waals surface area contributed by atoms with Gasteiger partial charge in [0.2, 0.25) is 0 Å². The number of hydrogen-bond acceptors (Lipinski definition) is 8. The van der Waals surface area contributed by atoms with Gasteiger partial charge in [-0.05, 0) is 15.9 Å². The van der Waals surface area contributed by atoms with Crippen LogP contribution in [0, 0.1) is 0 Å². The molecule has 5 N–H and O–H groups in total. The molecule has 11 nitrogen and oxygen atoms in total. The molecular formula is C10H13BrN5O6P. The van der Waals surface area contributed by atoms with E-state index in [-0.39, 0.29) is 12.2 Å². The molecule has 0 bridgehead atoms. The molecule has 3 rings (SSSR count). The number of aliphatic hydroxyl groups is 1. The maximum Gasteiger partial charge on any atom is 0.469 e. The minimum atomic E-state index is -4.64. The van der Waals surface area contributed by atoms with E-state index >= 15 is 0 Å². The predicted molar refractivity (Wildman–Crippen MR) is 80.0 cm³/mol. The Bertz CT molecular complexity index is 780. The molecule has 126 valence electrons. The van der Waals surface area contributed by atoms with E-state index in [2.05, 4.69) is 35.4 Å². The number of aliphatic hydroxyl groups excluding tert-OH is 1. The highest BCUT2D eigenvalue weighted by molar-refractivity contribution is 9.10. The Hall–Kier alpha value is -1.14. The van der Waals surface area contributed by atoms with Gasteiger partial charge in [-0.15, -0.1) is 0 Å².